The Morgan fingerprint density at radius 1 is 1.43 bits per heavy atom. The van der Waals surface area contributed by atoms with Gasteiger partial charge in [-0.15, -0.1) is 0 Å². The van der Waals surface area contributed by atoms with Crippen molar-refractivity contribution in [2.24, 2.45) is 0 Å². The molecule has 0 N–H and O–H groups in total. The van der Waals surface area contributed by atoms with Gasteiger partial charge in [0.1, 0.15) is 12.6 Å². The van der Waals surface area contributed by atoms with Crippen molar-refractivity contribution in [1.29, 1.82) is 0 Å². The third kappa shape index (κ3) is 2.89. The van der Waals surface area contributed by atoms with Crippen LogP contribution in [0.15, 0.2) is 11.6 Å². The van der Waals surface area contributed by atoms with E-state index in [1.807, 2.05) is 0 Å². The maximum Gasteiger partial charge on any atom is 0.145 e. The summed E-state index contributed by atoms with van der Waals surface area (Å²) in [5.74, 6) is 0. The fourth-order valence-electron chi connectivity index (χ4n) is 0.147. The smallest absolute Gasteiger partial charge is 0.145 e. The quantitative estimate of drug-likeness (QED) is 0.368. The number of hydrogen-bond acceptors (Lipinski definition) is 2. The second-order valence-electron chi connectivity index (χ2n) is 1.16. The summed E-state index contributed by atoms with van der Waals surface area (Å²) in [6, 6.07) is 0. The Bertz CT molecular complexity index is 103. The lowest BCUT2D eigenvalue weighted by Gasteiger charge is -1.73. The lowest BCUT2D eigenvalue weighted by molar-refractivity contribution is -0.106. The van der Waals surface area contributed by atoms with E-state index in [0.29, 0.717) is 18.1 Å². The highest BCUT2D eigenvalue weighted by atomic mass is 16.1. The molecule has 0 saturated heterocycles. The van der Waals surface area contributed by atoms with Gasteiger partial charge in [-0.1, -0.05) is 0 Å². The standard InChI is InChI=1S/C5H6O2/c1-5(4-7)2-3-6/h2-4H,1H3/b5-2+. The maximum absolute atomic E-state index is 9.67. The van der Waals surface area contributed by atoms with Gasteiger partial charge in [-0.2, -0.15) is 0 Å². The predicted octanol–water partition coefficient (Wildman–Crippen LogP) is 0.330. The van der Waals surface area contributed by atoms with Crippen molar-refractivity contribution in [2.45, 2.75) is 6.92 Å². The molecule has 0 aromatic rings. The lowest BCUT2D eigenvalue weighted by Crippen LogP contribution is -1.74. The van der Waals surface area contributed by atoms with Gasteiger partial charge in [0.15, 0.2) is 0 Å². The predicted molar refractivity (Wildman–Crippen MR) is 25.9 cm³/mol. The van der Waals surface area contributed by atoms with E-state index in [2.05, 4.69) is 0 Å². The Morgan fingerprint density at radius 3 is 2.14 bits per heavy atom. The topological polar surface area (TPSA) is 34.1 Å². The first-order chi connectivity index (χ1) is 3.31. The summed E-state index contributed by atoms with van der Waals surface area (Å²) in [5.41, 5.74) is 0.454. The van der Waals surface area contributed by atoms with Crippen molar-refractivity contribution < 1.29 is 9.59 Å². The van der Waals surface area contributed by atoms with Crippen LogP contribution in [0, 0.1) is 0 Å². The summed E-state index contributed by atoms with van der Waals surface area (Å²) >= 11 is 0. The first-order valence-electron chi connectivity index (χ1n) is 1.88. The van der Waals surface area contributed by atoms with E-state index in [9.17, 15) is 9.59 Å². The molecule has 0 rings (SSSR count). The Kier molecular flexibility index (Phi) is 2.85. The highest BCUT2D eigenvalue weighted by molar-refractivity contribution is 5.80. The molecule has 0 atom stereocenters. The zero-order valence-corrected chi connectivity index (χ0v) is 4.05. The zero-order valence-electron chi connectivity index (χ0n) is 4.05. The van der Waals surface area contributed by atoms with Crippen LogP contribution in [0.3, 0.4) is 0 Å². The van der Waals surface area contributed by atoms with Crippen LogP contribution in [0.4, 0.5) is 0 Å². The van der Waals surface area contributed by atoms with Crippen LogP contribution in [-0.2, 0) is 9.59 Å². The Morgan fingerprint density at radius 2 is 2.00 bits per heavy atom. The van der Waals surface area contributed by atoms with E-state index in [0.717, 1.165) is 0 Å². The van der Waals surface area contributed by atoms with Crippen molar-refractivity contribution >= 4 is 12.6 Å². The van der Waals surface area contributed by atoms with Crippen LogP contribution in [0.25, 0.3) is 0 Å². The van der Waals surface area contributed by atoms with E-state index < -0.39 is 0 Å². The third-order valence-electron chi connectivity index (χ3n) is 0.517. The first kappa shape index (κ1) is 6.08. The average Bonchev–Trinajstić information content (AvgIpc) is 1.68. The van der Waals surface area contributed by atoms with Crippen LogP contribution in [0.2, 0.25) is 0 Å². The molecule has 2 heteroatoms. The molecule has 7 heavy (non-hydrogen) atoms. The van der Waals surface area contributed by atoms with Crippen LogP contribution < -0.4 is 0 Å². The number of carbonyl (C=O) groups excluding carboxylic acids is 2. The molecule has 0 unspecified atom stereocenters. The van der Waals surface area contributed by atoms with Crippen LogP contribution in [0.1, 0.15) is 6.92 Å². The van der Waals surface area contributed by atoms with E-state index in [1.165, 1.54) is 6.08 Å². The van der Waals surface area contributed by atoms with Crippen molar-refractivity contribution in [2.75, 3.05) is 0 Å². The van der Waals surface area contributed by atoms with E-state index in [4.69, 9.17) is 0 Å². The normalized spacial score (nSPS) is 10.7. The highest BCUT2D eigenvalue weighted by Crippen LogP contribution is 1.79. The minimum atomic E-state index is 0.454. The maximum atomic E-state index is 9.67. The van der Waals surface area contributed by atoms with E-state index >= 15 is 0 Å². The molecule has 38 valence electrons. The van der Waals surface area contributed by atoms with Crippen LogP contribution in [-0.4, -0.2) is 12.6 Å². The van der Waals surface area contributed by atoms with Gasteiger partial charge in [-0.05, 0) is 18.6 Å². The molecule has 0 aliphatic heterocycles. The molecule has 0 bridgehead atoms. The highest BCUT2D eigenvalue weighted by Gasteiger charge is 1.76. The summed E-state index contributed by atoms with van der Waals surface area (Å²) in [4.78, 5) is 19.2. The fourth-order valence-corrected chi connectivity index (χ4v) is 0.147. The molecule has 0 aliphatic carbocycles. The zero-order chi connectivity index (χ0) is 5.70. The molecule has 2 nitrogen and oxygen atoms in total. The Labute approximate surface area is 41.8 Å². The van der Waals surface area contributed by atoms with Gasteiger partial charge in [0.2, 0.25) is 0 Å². The van der Waals surface area contributed by atoms with Crippen LogP contribution >= 0.6 is 0 Å². The summed E-state index contributed by atoms with van der Waals surface area (Å²) in [6.07, 6.45) is 2.44. The molecular formula is C5H6O2. The number of carbonyl (C=O) groups is 2. The summed E-state index contributed by atoms with van der Waals surface area (Å²) in [6.45, 7) is 1.57. The Balaban J connectivity index is 3.72. The van der Waals surface area contributed by atoms with Crippen LogP contribution in [0.5, 0.6) is 0 Å². The van der Waals surface area contributed by atoms with Gasteiger partial charge in [0, 0.05) is 0 Å². The van der Waals surface area contributed by atoms with Gasteiger partial charge in [0.25, 0.3) is 0 Å². The molecule has 0 aromatic heterocycles. The van der Waals surface area contributed by atoms with Gasteiger partial charge < -0.3 is 0 Å². The monoisotopic (exact) mass is 98.0 g/mol. The van der Waals surface area contributed by atoms with E-state index in [-0.39, 0.29) is 0 Å². The molecule has 0 aliphatic rings. The minimum absolute atomic E-state index is 0.454. The van der Waals surface area contributed by atoms with Gasteiger partial charge in [-0.25, -0.2) is 0 Å². The second kappa shape index (κ2) is 3.28. The second-order valence-corrected chi connectivity index (χ2v) is 1.16. The number of allylic oxidation sites excluding steroid dienone is 2. The summed E-state index contributed by atoms with van der Waals surface area (Å²) < 4.78 is 0. The molecule has 0 amide bonds. The van der Waals surface area contributed by atoms with E-state index in [1.54, 1.807) is 6.92 Å². The molecule has 0 saturated carbocycles. The van der Waals surface area contributed by atoms with Crippen molar-refractivity contribution in [1.82, 2.24) is 0 Å². The van der Waals surface area contributed by atoms with Crippen molar-refractivity contribution in [3.05, 3.63) is 11.6 Å². The SMILES string of the molecule is C/C(C=O)=C\C=O. The third-order valence-corrected chi connectivity index (χ3v) is 0.517. The molecular weight excluding hydrogens is 92.1 g/mol. The first-order valence-corrected chi connectivity index (χ1v) is 1.88. The number of hydrogen-bond donors (Lipinski definition) is 0. The largest absolute Gasteiger partial charge is 0.299 e. The molecule has 0 aromatic carbocycles. The molecule has 0 fully saturated rings. The summed E-state index contributed by atoms with van der Waals surface area (Å²) in [7, 11) is 0. The minimum Gasteiger partial charge on any atom is -0.299 e. The Hall–Kier alpha value is -0.920. The van der Waals surface area contributed by atoms with Gasteiger partial charge in [-0.3, -0.25) is 9.59 Å². The van der Waals surface area contributed by atoms with Gasteiger partial charge in [0.05, 0.1) is 0 Å². The number of aldehydes is 2. The lowest BCUT2D eigenvalue weighted by atomic mass is 10.3. The molecule has 0 radical (unpaired) electrons. The molecule has 0 spiro atoms. The number of rotatable bonds is 2. The molecule has 0 heterocycles. The summed E-state index contributed by atoms with van der Waals surface area (Å²) in [5, 5.41) is 0. The van der Waals surface area contributed by atoms with Gasteiger partial charge >= 0.3 is 0 Å². The fraction of sp³-hybridized carbons (Fsp3) is 0.200. The average molecular weight is 98.1 g/mol. The van der Waals surface area contributed by atoms with Crippen molar-refractivity contribution in [3.63, 3.8) is 0 Å². The van der Waals surface area contributed by atoms with Crippen molar-refractivity contribution in [3.8, 4) is 0 Å².